The number of hydrogen-bond acceptors (Lipinski definition) is 7. The number of aliphatic imine (C=N–C) groups is 1. The first-order valence-corrected chi connectivity index (χ1v) is 10.9. The number of carbonyl (C=O) groups is 2. The molecule has 2 aromatic carbocycles. The molecule has 0 aliphatic carbocycles. The molecule has 0 saturated carbocycles. The van der Waals surface area contributed by atoms with Gasteiger partial charge in [-0.1, -0.05) is 11.8 Å². The van der Waals surface area contributed by atoms with Crippen LogP contribution < -0.4 is 24.4 Å². The van der Waals surface area contributed by atoms with Crippen molar-refractivity contribution in [2.24, 2.45) is 4.99 Å². The highest BCUT2D eigenvalue weighted by Crippen LogP contribution is 2.35. The lowest BCUT2D eigenvalue weighted by Gasteiger charge is -2.16. The van der Waals surface area contributed by atoms with Gasteiger partial charge in [-0.3, -0.25) is 14.6 Å². The summed E-state index contributed by atoms with van der Waals surface area (Å²) in [6.45, 7) is 5.10. The highest BCUT2D eigenvalue weighted by molar-refractivity contribution is 8.15. The molecular formula is C22H23N3O5S. The van der Waals surface area contributed by atoms with E-state index in [4.69, 9.17) is 14.2 Å². The molecule has 1 saturated heterocycles. The second-order valence-electron chi connectivity index (χ2n) is 6.78. The van der Waals surface area contributed by atoms with Crippen molar-refractivity contribution in [3.05, 3.63) is 42.5 Å². The largest absolute Gasteiger partial charge is 0.494 e. The van der Waals surface area contributed by atoms with Gasteiger partial charge in [-0.05, 0) is 50.2 Å². The van der Waals surface area contributed by atoms with Crippen LogP contribution in [-0.4, -0.2) is 42.2 Å². The maximum absolute atomic E-state index is 13.0. The lowest BCUT2D eigenvalue weighted by molar-refractivity contribution is -0.121. The van der Waals surface area contributed by atoms with Crippen LogP contribution >= 0.6 is 11.8 Å². The SMILES string of the molecule is CCN=C(Nc1ccc2c(c1)OCO2)SC1CC(=O)N(c2ccc(OCC)cc2)C1=O. The van der Waals surface area contributed by atoms with E-state index in [1.165, 1.54) is 16.7 Å². The lowest BCUT2D eigenvalue weighted by atomic mass is 10.3. The van der Waals surface area contributed by atoms with Crippen LogP contribution in [0.15, 0.2) is 47.5 Å². The van der Waals surface area contributed by atoms with Crippen LogP contribution in [-0.2, 0) is 9.59 Å². The van der Waals surface area contributed by atoms with Crippen molar-refractivity contribution >= 4 is 40.1 Å². The molecule has 31 heavy (non-hydrogen) atoms. The Hall–Kier alpha value is -3.20. The second kappa shape index (κ2) is 9.30. The highest BCUT2D eigenvalue weighted by Gasteiger charge is 2.40. The molecule has 1 unspecified atom stereocenters. The highest BCUT2D eigenvalue weighted by atomic mass is 32.2. The fourth-order valence-corrected chi connectivity index (χ4v) is 4.39. The molecule has 0 bridgehead atoms. The normalized spacial score (nSPS) is 17.9. The van der Waals surface area contributed by atoms with Crippen LogP contribution in [0.2, 0.25) is 0 Å². The zero-order valence-electron chi connectivity index (χ0n) is 17.3. The van der Waals surface area contributed by atoms with E-state index in [-0.39, 0.29) is 25.0 Å². The topological polar surface area (TPSA) is 89.5 Å². The van der Waals surface area contributed by atoms with Crippen molar-refractivity contribution in [3.8, 4) is 17.2 Å². The summed E-state index contributed by atoms with van der Waals surface area (Å²) in [4.78, 5) is 31.3. The van der Waals surface area contributed by atoms with Crippen molar-refractivity contribution in [2.75, 3.05) is 30.2 Å². The van der Waals surface area contributed by atoms with Crippen molar-refractivity contribution in [1.82, 2.24) is 0 Å². The third kappa shape index (κ3) is 4.61. The van der Waals surface area contributed by atoms with Gasteiger partial charge in [-0.2, -0.15) is 0 Å². The fraction of sp³-hybridized carbons (Fsp3) is 0.318. The number of nitrogens with zero attached hydrogens (tertiary/aromatic N) is 2. The first kappa shape index (κ1) is 21.0. The van der Waals surface area contributed by atoms with Gasteiger partial charge in [0.05, 0.1) is 12.3 Å². The number of amidine groups is 1. The molecular weight excluding hydrogens is 418 g/mol. The van der Waals surface area contributed by atoms with Crippen LogP contribution in [0.5, 0.6) is 17.2 Å². The number of anilines is 2. The fourth-order valence-electron chi connectivity index (χ4n) is 3.31. The predicted octanol–water partition coefficient (Wildman–Crippen LogP) is 3.67. The number of ether oxygens (including phenoxy) is 3. The van der Waals surface area contributed by atoms with E-state index < -0.39 is 5.25 Å². The monoisotopic (exact) mass is 441 g/mol. The number of hydrogen-bond donors (Lipinski definition) is 1. The number of nitrogens with one attached hydrogen (secondary N) is 1. The van der Waals surface area contributed by atoms with Crippen LogP contribution in [0.25, 0.3) is 0 Å². The Kier molecular flexibility index (Phi) is 6.31. The molecule has 0 radical (unpaired) electrons. The molecule has 0 spiro atoms. The maximum atomic E-state index is 13.0. The number of amides is 2. The summed E-state index contributed by atoms with van der Waals surface area (Å²) >= 11 is 1.26. The Balaban J connectivity index is 1.46. The average molecular weight is 442 g/mol. The van der Waals surface area contributed by atoms with Gasteiger partial charge in [0.15, 0.2) is 16.7 Å². The van der Waals surface area contributed by atoms with E-state index in [1.807, 2.05) is 32.0 Å². The van der Waals surface area contributed by atoms with E-state index in [0.717, 1.165) is 5.69 Å². The van der Waals surface area contributed by atoms with Gasteiger partial charge in [0, 0.05) is 24.7 Å². The molecule has 2 heterocycles. The van der Waals surface area contributed by atoms with E-state index in [0.29, 0.717) is 41.3 Å². The van der Waals surface area contributed by atoms with Crippen LogP contribution in [0.1, 0.15) is 20.3 Å². The van der Waals surface area contributed by atoms with Crippen LogP contribution in [0.3, 0.4) is 0 Å². The summed E-state index contributed by atoms with van der Waals surface area (Å²) in [7, 11) is 0. The Bertz CT molecular complexity index is 1010. The average Bonchev–Trinajstić information content (AvgIpc) is 3.33. The number of thioether (sulfide) groups is 1. The van der Waals surface area contributed by atoms with E-state index in [1.54, 1.807) is 24.3 Å². The van der Waals surface area contributed by atoms with Gasteiger partial charge in [-0.25, -0.2) is 4.90 Å². The molecule has 1 fully saturated rings. The molecule has 8 nitrogen and oxygen atoms in total. The first-order valence-electron chi connectivity index (χ1n) is 10.1. The molecule has 162 valence electrons. The molecule has 2 amide bonds. The van der Waals surface area contributed by atoms with Gasteiger partial charge in [0.25, 0.3) is 0 Å². The van der Waals surface area contributed by atoms with Crippen molar-refractivity contribution in [3.63, 3.8) is 0 Å². The minimum absolute atomic E-state index is 0.113. The smallest absolute Gasteiger partial charge is 0.247 e. The lowest BCUT2D eigenvalue weighted by Crippen LogP contribution is -2.31. The standard InChI is InChI=1S/C22H23N3O5S/c1-3-23-22(24-14-5-10-17-18(11-14)30-13-29-17)31-19-12-20(26)25(21(19)27)15-6-8-16(9-7-15)28-4-2/h5-11,19H,3-4,12-13H2,1-2H3,(H,23,24). The molecule has 1 atom stereocenters. The third-order valence-electron chi connectivity index (χ3n) is 4.69. The summed E-state index contributed by atoms with van der Waals surface area (Å²) in [5.74, 6) is 1.55. The number of benzene rings is 2. The molecule has 2 aliphatic heterocycles. The van der Waals surface area contributed by atoms with Crippen LogP contribution in [0.4, 0.5) is 11.4 Å². The van der Waals surface area contributed by atoms with Crippen molar-refractivity contribution in [2.45, 2.75) is 25.5 Å². The number of rotatable bonds is 6. The number of fused-ring (bicyclic) bond motifs is 1. The van der Waals surface area contributed by atoms with Crippen molar-refractivity contribution in [1.29, 1.82) is 0 Å². The van der Waals surface area contributed by atoms with Gasteiger partial charge in [0.1, 0.15) is 11.0 Å². The first-order chi connectivity index (χ1) is 15.1. The summed E-state index contributed by atoms with van der Waals surface area (Å²) in [5.41, 5.74) is 1.31. The summed E-state index contributed by atoms with van der Waals surface area (Å²) in [5, 5.41) is 3.25. The summed E-state index contributed by atoms with van der Waals surface area (Å²) in [6, 6.07) is 12.4. The van der Waals surface area contributed by atoms with E-state index >= 15 is 0 Å². The zero-order chi connectivity index (χ0) is 21.8. The third-order valence-corrected chi connectivity index (χ3v) is 5.80. The van der Waals surface area contributed by atoms with E-state index in [2.05, 4.69) is 10.3 Å². The predicted molar refractivity (Wildman–Crippen MR) is 120 cm³/mol. The zero-order valence-corrected chi connectivity index (χ0v) is 18.1. The molecule has 2 aromatic rings. The summed E-state index contributed by atoms with van der Waals surface area (Å²) in [6.07, 6.45) is 0.113. The van der Waals surface area contributed by atoms with Gasteiger partial charge in [-0.15, -0.1) is 0 Å². The second-order valence-corrected chi connectivity index (χ2v) is 7.97. The number of imide groups is 1. The Labute approximate surface area is 184 Å². The quantitative estimate of drug-likeness (QED) is 0.416. The minimum atomic E-state index is -0.550. The minimum Gasteiger partial charge on any atom is -0.494 e. The van der Waals surface area contributed by atoms with Gasteiger partial charge < -0.3 is 19.5 Å². The summed E-state index contributed by atoms with van der Waals surface area (Å²) < 4.78 is 16.2. The molecule has 1 N–H and O–H groups in total. The maximum Gasteiger partial charge on any atom is 0.247 e. The molecule has 0 aromatic heterocycles. The Morgan fingerprint density at radius 2 is 1.94 bits per heavy atom. The number of carbonyl (C=O) groups excluding carboxylic acids is 2. The Morgan fingerprint density at radius 3 is 2.68 bits per heavy atom. The Morgan fingerprint density at radius 1 is 1.16 bits per heavy atom. The van der Waals surface area contributed by atoms with Gasteiger partial charge >= 0.3 is 0 Å². The molecule has 2 aliphatic rings. The van der Waals surface area contributed by atoms with Crippen LogP contribution in [0, 0.1) is 0 Å². The van der Waals surface area contributed by atoms with E-state index in [9.17, 15) is 9.59 Å². The molecule has 9 heteroatoms. The van der Waals surface area contributed by atoms with Crippen molar-refractivity contribution < 1.29 is 23.8 Å². The van der Waals surface area contributed by atoms with Gasteiger partial charge in [0.2, 0.25) is 18.6 Å². The molecule has 4 rings (SSSR count).